The first-order chi connectivity index (χ1) is 10.5. The summed E-state index contributed by atoms with van der Waals surface area (Å²) in [6.07, 6.45) is 0. The van der Waals surface area contributed by atoms with E-state index in [-0.39, 0.29) is 11.3 Å². The Kier molecular flexibility index (Phi) is 4.47. The van der Waals surface area contributed by atoms with Gasteiger partial charge in [0.2, 0.25) is 0 Å². The van der Waals surface area contributed by atoms with Gasteiger partial charge in [-0.2, -0.15) is 5.10 Å². The van der Waals surface area contributed by atoms with E-state index >= 15 is 0 Å². The van der Waals surface area contributed by atoms with Gasteiger partial charge in [-0.3, -0.25) is 14.9 Å². The number of amides is 1. The van der Waals surface area contributed by atoms with Gasteiger partial charge in [0, 0.05) is 23.4 Å². The number of hydrazone groups is 1. The van der Waals surface area contributed by atoms with Crippen LogP contribution in [0.25, 0.3) is 0 Å². The minimum absolute atomic E-state index is 0.146. The standard InChI is InChI=1S/C15H14N4O3/c1-10(11-5-7-13(16)8-6-11)17-18-15(20)12-3-2-4-14(9-12)19(21)22/h2-9H,16H2,1H3,(H,18,20). The first-order valence-electron chi connectivity index (χ1n) is 6.42. The lowest BCUT2D eigenvalue weighted by atomic mass is 10.1. The molecule has 0 fully saturated rings. The summed E-state index contributed by atoms with van der Waals surface area (Å²) in [6.45, 7) is 1.74. The predicted molar refractivity (Wildman–Crippen MR) is 83.6 cm³/mol. The second-order valence-electron chi connectivity index (χ2n) is 4.57. The van der Waals surface area contributed by atoms with Crippen LogP contribution in [0.4, 0.5) is 11.4 Å². The Balaban J connectivity index is 2.11. The highest BCUT2D eigenvalue weighted by Crippen LogP contribution is 2.13. The van der Waals surface area contributed by atoms with Crippen LogP contribution >= 0.6 is 0 Å². The van der Waals surface area contributed by atoms with E-state index in [9.17, 15) is 14.9 Å². The van der Waals surface area contributed by atoms with Crippen molar-refractivity contribution in [3.05, 3.63) is 69.8 Å². The molecule has 0 heterocycles. The van der Waals surface area contributed by atoms with Gasteiger partial charge in [0.05, 0.1) is 10.6 Å². The fourth-order valence-corrected chi connectivity index (χ4v) is 1.75. The molecular weight excluding hydrogens is 284 g/mol. The van der Waals surface area contributed by atoms with Gasteiger partial charge in [0.15, 0.2) is 0 Å². The summed E-state index contributed by atoms with van der Waals surface area (Å²) in [7, 11) is 0. The lowest BCUT2D eigenvalue weighted by Crippen LogP contribution is -2.19. The van der Waals surface area contributed by atoms with Crippen LogP contribution in [0.3, 0.4) is 0 Å². The van der Waals surface area contributed by atoms with Crippen molar-refractivity contribution in [1.82, 2.24) is 5.43 Å². The fraction of sp³-hybridized carbons (Fsp3) is 0.0667. The second-order valence-corrected chi connectivity index (χ2v) is 4.57. The molecular formula is C15H14N4O3. The van der Waals surface area contributed by atoms with Crippen molar-refractivity contribution < 1.29 is 9.72 Å². The average molecular weight is 298 g/mol. The molecule has 1 amide bonds. The number of non-ortho nitro benzene ring substituents is 1. The Morgan fingerprint density at radius 2 is 1.86 bits per heavy atom. The SMILES string of the molecule is CC(=NNC(=O)c1cccc([N+](=O)[O-])c1)c1ccc(N)cc1. The number of nitrogens with one attached hydrogen (secondary N) is 1. The maximum absolute atomic E-state index is 11.9. The number of hydrogen-bond donors (Lipinski definition) is 2. The van der Waals surface area contributed by atoms with E-state index in [0.717, 1.165) is 5.56 Å². The van der Waals surface area contributed by atoms with E-state index in [0.29, 0.717) is 11.4 Å². The molecule has 0 spiro atoms. The molecule has 7 nitrogen and oxygen atoms in total. The van der Waals surface area contributed by atoms with Crippen LogP contribution in [0.15, 0.2) is 53.6 Å². The number of nitrogens with two attached hydrogens (primary N) is 1. The van der Waals surface area contributed by atoms with Crippen molar-refractivity contribution in [3.8, 4) is 0 Å². The molecule has 0 aliphatic rings. The van der Waals surface area contributed by atoms with Crippen molar-refractivity contribution in [3.63, 3.8) is 0 Å². The summed E-state index contributed by atoms with van der Waals surface area (Å²) < 4.78 is 0. The Morgan fingerprint density at radius 1 is 1.18 bits per heavy atom. The van der Waals surface area contributed by atoms with E-state index < -0.39 is 10.8 Å². The second kappa shape index (κ2) is 6.49. The molecule has 0 aromatic heterocycles. The van der Waals surface area contributed by atoms with Crippen LogP contribution < -0.4 is 11.2 Å². The molecule has 0 radical (unpaired) electrons. The maximum Gasteiger partial charge on any atom is 0.271 e. The highest BCUT2D eigenvalue weighted by molar-refractivity contribution is 6.01. The number of hydrogen-bond acceptors (Lipinski definition) is 5. The molecule has 0 aliphatic heterocycles. The van der Waals surface area contributed by atoms with Gasteiger partial charge in [-0.05, 0) is 30.7 Å². The van der Waals surface area contributed by atoms with Gasteiger partial charge in [-0.1, -0.05) is 18.2 Å². The summed E-state index contributed by atoms with van der Waals surface area (Å²) in [5.74, 6) is -0.515. The van der Waals surface area contributed by atoms with E-state index in [2.05, 4.69) is 10.5 Å². The third kappa shape index (κ3) is 3.66. The molecule has 0 saturated heterocycles. The number of nitrogens with zero attached hydrogens (tertiary/aromatic N) is 2. The lowest BCUT2D eigenvalue weighted by Gasteiger charge is -2.03. The zero-order valence-corrected chi connectivity index (χ0v) is 11.8. The molecule has 7 heteroatoms. The van der Waals surface area contributed by atoms with Gasteiger partial charge in [0.25, 0.3) is 11.6 Å². The van der Waals surface area contributed by atoms with Crippen molar-refractivity contribution in [2.75, 3.05) is 5.73 Å². The van der Waals surface area contributed by atoms with E-state index in [1.807, 2.05) is 0 Å². The zero-order chi connectivity index (χ0) is 16.1. The predicted octanol–water partition coefficient (Wildman–Crippen LogP) is 2.33. The van der Waals surface area contributed by atoms with Crippen molar-refractivity contribution >= 4 is 23.0 Å². The maximum atomic E-state index is 11.9. The lowest BCUT2D eigenvalue weighted by molar-refractivity contribution is -0.384. The molecule has 2 aromatic carbocycles. The summed E-state index contributed by atoms with van der Waals surface area (Å²) in [5, 5.41) is 14.7. The summed E-state index contributed by atoms with van der Waals surface area (Å²) in [5.41, 5.74) is 10.0. The van der Waals surface area contributed by atoms with Gasteiger partial charge in [-0.25, -0.2) is 5.43 Å². The van der Waals surface area contributed by atoms with Gasteiger partial charge in [0.1, 0.15) is 0 Å². The molecule has 0 atom stereocenters. The normalized spacial score (nSPS) is 11.0. The zero-order valence-electron chi connectivity index (χ0n) is 11.8. The fourth-order valence-electron chi connectivity index (χ4n) is 1.75. The highest BCUT2D eigenvalue weighted by atomic mass is 16.6. The van der Waals surface area contributed by atoms with Crippen molar-refractivity contribution in [2.24, 2.45) is 5.10 Å². The number of carbonyl (C=O) groups excluding carboxylic acids is 1. The Hall–Kier alpha value is -3.22. The van der Waals surface area contributed by atoms with Crippen LogP contribution in [0.1, 0.15) is 22.8 Å². The molecule has 0 saturated carbocycles. The summed E-state index contributed by atoms with van der Waals surface area (Å²) >= 11 is 0. The highest BCUT2D eigenvalue weighted by Gasteiger charge is 2.11. The monoisotopic (exact) mass is 298 g/mol. The first-order valence-corrected chi connectivity index (χ1v) is 6.42. The van der Waals surface area contributed by atoms with Crippen LogP contribution in [-0.4, -0.2) is 16.5 Å². The molecule has 2 aromatic rings. The van der Waals surface area contributed by atoms with Crippen molar-refractivity contribution in [2.45, 2.75) is 6.92 Å². The third-order valence-electron chi connectivity index (χ3n) is 2.97. The Bertz CT molecular complexity index is 739. The van der Waals surface area contributed by atoms with Gasteiger partial charge < -0.3 is 5.73 Å². The number of nitro benzene ring substituents is 1. The van der Waals surface area contributed by atoms with E-state index in [1.165, 1.54) is 24.3 Å². The van der Waals surface area contributed by atoms with Gasteiger partial charge >= 0.3 is 0 Å². The number of benzene rings is 2. The minimum atomic E-state index is -0.556. The number of nitrogen functional groups attached to an aromatic ring is 1. The van der Waals surface area contributed by atoms with Gasteiger partial charge in [-0.15, -0.1) is 0 Å². The van der Waals surface area contributed by atoms with Crippen molar-refractivity contribution in [1.29, 1.82) is 0 Å². The van der Waals surface area contributed by atoms with E-state index in [1.54, 1.807) is 31.2 Å². The molecule has 3 N–H and O–H groups in total. The minimum Gasteiger partial charge on any atom is -0.399 e. The molecule has 0 aliphatic carbocycles. The molecule has 22 heavy (non-hydrogen) atoms. The van der Waals surface area contributed by atoms with Crippen LogP contribution in [-0.2, 0) is 0 Å². The number of nitro groups is 1. The number of anilines is 1. The Morgan fingerprint density at radius 3 is 2.50 bits per heavy atom. The number of carbonyl (C=O) groups is 1. The largest absolute Gasteiger partial charge is 0.399 e. The molecule has 0 bridgehead atoms. The molecule has 112 valence electrons. The first kappa shape index (κ1) is 15.2. The smallest absolute Gasteiger partial charge is 0.271 e. The van der Waals surface area contributed by atoms with Crippen LogP contribution in [0.5, 0.6) is 0 Å². The van der Waals surface area contributed by atoms with Crippen LogP contribution in [0.2, 0.25) is 0 Å². The third-order valence-corrected chi connectivity index (χ3v) is 2.97. The van der Waals surface area contributed by atoms with E-state index in [4.69, 9.17) is 5.73 Å². The van der Waals surface area contributed by atoms with Crippen LogP contribution in [0, 0.1) is 10.1 Å². The quantitative estimate of drug-likeness (QED) is 0.390. The summed E-state index contributed by atoms with van der Waals surface area (Å²) in [4.78, 5) is 22.1. The summed E-state index contributed by atoms with van der Waals surface area (Å²) in [6, 6.07) is 12.5. The molecule has 2 rings (SSSR count). The Labute approximate surface area is 126 Å². The number of rotatable bonds is 4. The topological polar surface area (TPSA) is 111 Å². The molecule has 0 unspecified atom stereocenters. The average Bonchev–Trinajstić information content (AvgIpc) is 2.53.